The van der Waals surface area contributed by atoms with E-state index in [1.54, 1.807) is 11.8 Å². The number of nitrogens with one attached hydrogen (secondary N) is 2. The topological polar surface area (TPSA) is 74.8 Å². The first kappa shape index (κ1) is 21.8. The maximum atomic E-state index is 12.8. The summed E-state index contributed by atoms with van der Waals surface area (Å²) in [4.78, 5) is 35.5. The van der Waals surface area contributed by atoms with Crippen LogP contribution >= 0.6 is 23.1 Å². The minimum Gasteiger partial charge on any atom is -0.351 e. The number of rotatable bonds is 6. The first-order valence-electron chi connectivity index (χ1n) is 10.6. The molecule has 1 amide bonds. The van der Waals surface area contributed by atoms with Gasteiger partial charge in [-0.1, -0.05) is 29.8 Å². The van der Waals surface area contributed by atoms with Crippen molar-refractivity contribution >= 4 is 39.2 Å². The van der Waals surface area contributed by atoms with Crippen molar-refractivity contribution in [2.24, 2.45) is 5.92 Å². The number of thiophene rings is 1. The molecule has 2 aromatic heterocycles. The van der Waals surface area contributed by atoms with E-state index in [0.717, 1.165) is 19.3 Å². The summed E-state index contributed by atoms with van der Waals surface area (Å²) in [6.45, 7) is 6.65. The fraction of sp³-hybridized carbons (Fsp3) is 0.375. The van der Waals surface area contributed by atoms with Crippen LogP contribution in [0.1, 0.15) is 51.4 Å². The van der Waals surface area contributed by atoms with Crippen LogP contribution in [0.2, 0.25) is 0 Å². The summed E-state index contributed by atoms with van der Waals surface area (Å²) in [6, 6.07) is 6.35. The van der Waals surface area contributed by atoms with Gasteiger partial charge in [-0.15, -0.1) is 23.1 Å². The summed E-state index contributed by atoms with van der Waals surface area (Å²) in [6.07, 6.45) is 7.57. The Morgan fingerprint density at radius 1 is 1.29 bits per heavy atom. The third-order valence-corrected chi connectivity index (χ3v) is 8.05. The molecule has 0 fully saturated rings. The molecule has 0 spiro atoms. The van der Waals surface area contributed by atoms with Gasteiger partial charge >= 0.3 is 0 Å². The molecule has 0 radical (unpaired) electrons. The molecule has 7 heteroatoms. The number of fused-ring (bicyclic) bond motifs is 1. The van der Waals surface area contributed by atoms with E-state index in [-0.39, 0.29) is 11.5 Å². The predicted molar refractivity (Wildman–Crippen MR) is 129 cm³/mol. The summed E-state index contributed by atoms with van der Waals surface area (Å²) in [5.41, 5.74) is 2.95. The minimum absolute atomic E-state index is 0.110. The van der Waals surface area contributed by atoms with Crippen molar-refractivity contribution in [1.82, 2.24) is 15.3 Å². The third kappa shape index (κ3) is 4.93. The van der Waals surface area contributed by atoms with Gasteiger partial charge in [0.2, 0.25) is 0 Å². The van der Waals surface area contributed by atoms with Crippen molar-refractivity contribution in [3.05, 3.63) is 68.1 Å². The van der Waals surface area contributed by atoms with E-state index in [0.29, 0.717) is 44.7 Å². The zero-order valence-corrected chi connectivity index (χ0v) is 19.7. The van der Waals surface area contributed by atoms with Gasteiger partial charge in [0.1, 0.15) is 10.7 Å². The van der Waals surface area contributed by atoms with E-state index < -0.39 is 0 Å². The average molecular weight is 454 g/mol. The molecule has 1 aliphatic carbocycles. The van der Waals surface area contributed by atoms with Gasteiger partial charge in [0.15, 0.2) is 0 Å². The Bertz CT molecular complexity index is 1210. The van der Waals surface area contributed by atoms with Crippen molar-refractivity contribution < 1.29 is 4.79 Å². The molecule has 0 saturated heterocycles. The number of aromatic nitrogens is 2. The number of nitrogens with zero attached hydrogens (tertiary/aromatic N) is 1. The van der Waals surface area contributed by atoms with Crippen LogP contribution in [0.3, 0.4) is 0 Å². The Morgan fingerprint density at radius 3 is 2.90 bits per heavy atom. The lowest BCUT2D eigenvalue weighted by Crippen LogP contribution is -2.29. The molecule has 31 heavy (non-hydrogen) atoms. The molecule has 1 aromatic carbocycles. The lowest BCUT2D eigenvalue weighted by molar-refractivity contribution is 0.0950. The molecule has 1 unspecified atom stereocenters. The van der Waals surface area contributed by atoms with Crippen LogP contribution in [0.5, 0.6) is 0 Å². The van der Waals surface area contributed by atoms with Crippen LogP contribution < -0.4 is 10.9 Å². The molecule has 0 bridgehead atoms. The predicted octanol–water partition coefficient (Wildman–Crippen LogP) is 5.29. The molecule has 2 N–H and O–H groups in total. The van der Waals surface area contributed by atoms with Crippen molar-refractivity contribution in [1.29, 1.82) is 0 Å². The quantitative estimate of drug-likeness (QED) is 0.393. The zero-order valence-electron chi connectivity index (χ0n) is 18.1. The molecule has 1 atom stereocenters. The summed E-state index contributed by atoms with van der Waals surface area (Å²) in [5.74, 6) is 1.58. The number of hydrogen-bond acceptors (Lipinski definition) is 5. The van der Waals surface area contributed by atoms with E-state index >= 15 is 0 Å². The number of benzene rings is 1. The Labute approximate surface area is 190 Å². The van der Waals surface area contributed by atoms with Gasteiger partial charge in [0.25, 0.3) is 11.5 Å². The second kappa shape index (κ2) is 9.40. The monoisotopic (exact) mass is 453 g/mol. The number of aromatic amines is 1. The highest BCUT2D eigenvalue weighted by atomic mass is 32.2. The highest BCUT2D eigenvalue weighted by molar-refractivity contribution is 7.98. The zero-order chi connectivity index (χ0) is 22.0. The van der Waals surface area contributed by atoms with E-state index in [4.69, 9.17) is 0 Å². The standard InChI is InChI=1S/C24H27N3O2S2/c1-14-9-10-15(2)18(11-14)30-13-19-26-22(28)20-16(3)21(31-24(20)27-19)23(29)25-12-17-7-5-4-6-8-17/h4-5,9-11,17H,6-8,12-13H2,1-3H3,(H,25,29)(H,26,27,28). The summed E-state index contributed by atoms with van der Waals surface area (Å²) < 4.78 is 0. The number of carbonyl (C=O) groups excluding carboxylic acids is 1. The lowest BCUT2D eigenvalue weighted by Gasteiger charge is -2.17. The van der Waals surface area contributed by atoms with Crippen LogP contribution in [0.15, 0.2) is 40.0 Å². The van der Waals surface area contributed by atoms with Gasteiger partial charge in [-0.05, 0) is 63.1 Å². The molecule has 1 aliphatic rings. The molecule has 4 rings (SSSR count). The first-order valence-corrected chi connectivity index (χ1v) is 12.4. The highest BCUT2D eigenvalue weighted by Gasteiger charge is 2.20. The number of allylic oxidation sites excluding steroid dienone is 2. The van der Waals surface area contributed by atoms with Crippen molar-refractivity contribution in [2.45, 2.75) is 50.7 Å². The molecule has 2 heterocycles. The number of amides is 1. The number of H-pyrrole nitrogens is 1. The van der Waals surface area contributed by atoms with Gasteiger partial charge < -0.3 is 10.3 Å². The van der Waals surface area contributed by atoms with E-state index in [1.165, 1.54) is 27.4 Å². The first-order chi connectivity index (χ1) is 14.9. The Balaban J connectivity index is 1.52. The van der Waals surface area contributed by atoms with Crippen LogP contribution in [0.25, 0.3) is 10.2 Å². The van der Waals surface area contributed by atoms with E-state index in [2.05, 4.69) is 59.5 Å². The second-order valence-electron chi connectivity index (χ2n) is 8.17. The van der Waals surface area contributed by atoms with Gasteiger partial charge in [-0.3, -0.25) is 9.59 Å². The highest BCUT2D eigenvalue weighted by Crippen LogP contribution is 2.29. The van der Waals surface area contributed by atoms with Gasteiger partial charge in [0, 0.05) is 11.4 Å². The molecule has 162 valence electrons. The van der Waals surface area contributed by atoms with Gasteiger partial charge in [0.05, 0.1) is 16.0 Å². The third-order valence-electron chi connectivity index (χ3n) is 5.69. The van der Waals surface area contributed by atoms with Crippen LogP contribution in [0, 0.1) is 26.7 Å². The molecule has 3 aromatic rings. The number of thioether (sulfide) groups is 1. The van der Waals surface area contributed by atoms with Crippen molar-refractivity contribution in [3.8, 4) is 0 Å². The van der Waals surface area contributed by atoms with Crippen LogP contribution in [-0.4, -0.2) is 22.4 Å². The SMILES string of the molecule is Cc1ccc(C)c(SCc2nc3sc(C(=O)NCC4CC=CCC4)c(C)c3c(=O)[nH]2)c1. The van der Waals surface area contributed by atoms with Crippen molar-refractivity contribution in [2.75, 3.05) is 6.54 Å². The number of carbonyl (C=O) groups is 1. The summed E-state index contributed by atoms with van der Waals surface area (Å²) in [7, 11) is 0. The van der Waals surface area contributed by atoms with Gasteiger partial charge in [-0.2, -0.15) is 0 Å². The average Bonchev–Trinajstić information content (AvgIpc) is 3.10. The Hall–Kier alpha value is -2.38. The lowest BCUT2D eigenvalue weighted by atomic mass is 9.94. The van der Waals surface area contributed by atoms with Crippen LogP contribution in [-0.2, 0) is 5.75 Å². The van der Waals surface area contributed by atoms with E-state index in [1.807, 2.05) is 6.92 Å². The summed E-state index contributed by atoms with van der Waals surface area (Å²) >= 11 is 2.97. The fourth-order valence-electron chi connectivity index (χ4n) is 3.84. The normalized spacial score (nSPS) is 16.0. The van der Waals surface area contributed by atoms with E-state index in [9.17, 15) is 9.59 Å². The Kier molecular flexibility index (Phi) is 6.62. The molecule has 0 aliphatic heterocycles. The number of aryl methyl sites for hydroxylation is 3. The minimum atomic E-state index is -0.174. The van der Waals surface area contributed by atoms with Gasteiger partial charge in [-0.25, -0.2) is 4.98 Å². The smallest absolute Gasteiger partial charge is 0.261 e. The second-order valence-corrected chi connectivity index (χ2v) is 10.2. The fourth-order valence-corrected chi connectivity index (χ4v) is 5.95. The molecule has 5 nitrogen and oxygen atoms in total. The largest absolute Gasteiger partial charge is 0.351 e. The molecular formula is C24H27N3O2S2. The van der Waals surface area contributed by atoms with Crippen LogP contribution in [0.4, 0.5) is 0 Å². The summed E-state index contributed by atoms with van der Waals surface area (Å²) in [5, 5.41) is 3.58. The van der Waals surface area contributed by atoms with Crippen molar-refractivity contribution in [3.63, 3.8) is 0 Å². The molecule has 0 saturated carbocycles. The maximum absolute atomic E-state index is 12.8. The Morgan fingerprint density at radius 2 is 2.13 bits per heavy atom. The number of hydrogen-bond donors (Lipinski definition) is 2. The maximum Gasteiger partial charge on any atom is 0.261 e. The molecular weight excluding hydrogens is 426 g/mol.